The Morgan fingerprint density at radius 3 is 2.52 bits per heavy atom. The van der Waals surface area contributed by atoms with E-state index in [9.17, 15) is 0 Å². The Bertz CT molecular complexity index is 663. The Hall–Kier alpha value is -1.94. The fourth-order valence-electron chi connectivity index (χ4n) is 3.43. The van der Waals surface area contributed by atoms with E-state index >= 15 is 0 Å². The van der Waals surface area contributed by atoms with E-state index in [2.05, 4.69) is 45.9 Å². The molecule has 0 atom stereocenters. The lowest BCUT2D eigenvalue weighted by Gasteiger charge is -2.30. The molecular weight excluding hydrogens is 302 g/mol. The first-order valence-electron chi connectivity index (χ1n) is 8.22. The zero-order chi connectivity index (χ0) is 16.1. The summed E-state index contributed by atoms with van der Waals surface area (Å²) in [5.74, 6) is 0.794. The quantitative estimate of drug-likeness (QED) is 0.827. The van der Waals surface area contributed by atoms with E-state index in [-0.39, 0.29) is 5.41 Å². The maximum Gasteiger partial charge on any atom is 0.171 e. The molecule has 1 aromatic heterocycles. The number of hydrogen-bond donors (Lipinski definition) is 2. The van der Waals surface area contributed by atoms with E-state index in [1.165, 1.54) is 31.2 Å². The average Bonchev–Trinajstić information content (AvgIpc) is 3.04. The number of benzene rings is 1. The first-order chi connectivity index (χ1) is 11.2. The summed E-state index contributed by atoms with van der Waals surface area (Å²) in [6.07, 6.45) is 5.01. The van der Waals surface area contributed by atoms with Crippen LogP contribution in [-0.2, 0) is 5.41 Å². The summed E-state index contributed by atoms with van der Waals surface area (Å²) in [4.78, 5) is 4.43. The molecule has 3 rings (SSSR count). The minimum Gasteiger partial charge on any atom is -0.362 e. The van der Waals surface area contributed by atoms with Gasteiger partial charge in [0.15, 0.2) is 5.11 Å². The maximum absolute atomic E-state index is 5.45. The minimum atomic E-state index is 0.201. The summed E-state index contributed by atoms with van der Waals surface area (Å²) in [6, 6.07) is 16.7. The number of aromatic nitrogens is 1. The van der Waals surface area contributed by atoms with Gasteiger partial charge < -0.3 is 10.6 Å². The number of nitrogens with zero attached hydrogens (tertiary/aromatic N) is 1. The molecule has 0 spiro atoms. The summed E-state index contributed by atoms with van der Waals surface area (Å²) in [5, 5.41) is 7.24. The molecule has 1 saturated carbocycles. The van der Waals surface area contributed by atoms with Gasteiger partial charge in [0.2, 0.25) is 0 Å². The van der Waals surface area contributed by atoms with Crippen molar-refractivity contribution in [3.63, 3.8) is 0 Å². The number of pyridine rings is 1. The Kier molecular flexibility index (Phi) is 4.91. The first kappa shape index (κ1) is 15.9. The molecule has 1 aliphatic carbocycles. The molecule has 3 nitrogen and oxygen atoms in total. The summed E-state index contributed by atoms with van der Waals surface area (Å²) < 4.78 is 0. The van der Waals surface area contributed by atoms with Crippen molar-refractivity contribution in [3.05, 3.63) is 59.8 Å². The monoisotopic (exact) mass is 325 g/mol. The van der Waals surface area contributed by atoms with Gasteiger partial charge >= 0.3 is 0 Å². The molecular formula is C19H23N3S. The van der Waals surface area contributed by atoms with Crippen LogP contribution < -0.4 is 10.6 Å². The normalized spacial score (nSPS) is 16.0. The van der Waals surface area contributed by atoms with Gasteiger partial charge in [-0.15, -0.1) is 0 Å². The minimum absolute atomic E-state index is 0.201. The highest BCUT2D eigenvalue weighted by Gasteiger charge is 2.35. The zero-order valence-electron chi connectivity index (χ0n) is 13.5. The lowest BCUT2D eigenvalue weighted by Crippen LogP contribution is -2.40. The van der Waals surface area contributed by atoms with Crippen LogP contribution in [0.5, 0.6) is 0 Å². The third-order valence-corrected chi connectivity index (χ3v) is 4.91. The lowest BCUT2D eigenvalue weighted by atomic mass is 9.79. The number of nitrogens with one attached hydrogen (secondary N) is 2. The second kappa shape index (κ2) is 7.09. The summed E-state index contributed by atoms with van der Waals surface area (Å²) in [6.45, 7) is 2.85. The van der Waals surface area contributed by atoms with E-state index in [1.54, 1.807) is 0 Å². The zero-order valence-corrected chi connectivity index (χ0v) is 14.3. The van der Waals surface area contributed by atoms with E-state index < -0.39 is 0 Å². The topological polar surface area (TPSA) is 37.0 Å². The van der Waals surface area contributed by atoms with E-state index in [0.29, 0.717) is 5.11 Å². The van der Waals surface area contributed by atoms with Crippen LogP contribution in [0.2, 0.25) is 0 Å². The van der Waals surface area contributed by atoms with Gasteiger partial charge in [0.25, 0.3) is 0 Å². The Balaban J connectivity index is 1.64. The molecule has 0 radical (unpaired) electrons. The molecule has 2 aromatic rings. The van der Waals surface area contributed by atoms with E-state index in [1.807, 2.05) is 25.1 Å². The van der Waals surface area contributed by atoms with Crippen molar-refractivity contribution in [2.75, 3.05) is 11.9 Å². The number of aryl methyl sites for hydroxylation is 1. The largest absolute Gasteiger partial charge is 0.362 e. The van der Waals surface area contributed by atoms with Gasteiger partial charge in [0.1, 0.15) is 5.82 Å². The third kappa shape index (κ3) is 3.88. The van der Waals surface area contributed by atoms with Crippen LogP contribution in [0.1, 0.15) is 36.9 Å². The number of anilines is 1. The molecule has 0 aliphatic heterocycles. The summed E-state index contributed by atoms with van der Waals surface area (Å²) >= 11 is 5.45. The van der Waals surface area contributed by atoms with Gasteiger partial charge in [0, 0.05) is 17.7 Å². The second-order valence-electron chi connectivity index (χ2n) is 6.33. The number of hydrogen-bond acceptors (Lipinski definition) is 2. The highest BCUT2D eigenvalue weighted by molar-refractivity contribution is 7.80. The van der Waals surface area contributed by atoms with Crippen LogP contribution in [0.4, 0.5) is 5.82 Å². The van der Waals surface area contributed by atoms with Gasteiger partial charge in [-0.3, -0.25) is 0 Å². The number of thiocarbonyl (C=S) groups is 1. The van der Waals surface area contributed by atoms with Crippen LogP contribution in [0, 0.1) is 6.92 Å². The first-order valence-corrected chi connectivity index (χ1v) is 8.63. The van der Waals surface area contributed by atoms with Gasteiger partial charge in [-0.1, -0.05) is 49.2 Å². The summed E-state index contributed by atoms with van der Waals surface area (Å²) in [7, 11) is 0. The van der Waals surface area contributed by atoms with Crippen LogP contribution in [0.3, 0.4) is 0 Å². The molecule has 1 aliphatic rings. The van der Waals surface area contributed by atoms with Crippen molar-refractivity contribution in [2.45, 2.75) is 38.0 Å². The molecule has 0 unspecified atom stereocenters. The fourth-order valence-corrected chi connectivity index (χ4v) is 3.61. The lowest BCUT2D eigenvalue weighted by molar-refractivity contribution is 0.435. The van der Waals surface area contributed by atoms with Crippen LogP contribution in [0.15, 0.2) is 48.5 Å². The van der Waals surface area contributed by atoms with Crippen LogP contribution >= 0.6 is 12.2 Å². The standard InChI is InChI=1S/C19H23N3S/c1-15-8-7-11-17(21-15)22-18(23)20-14-19(12-5-6-13-19)16-9-3-2-4-10-16/h2-4,7-11H,5-6,12-14H2,1H3,(H2,20,21,22,23). The molecule has 23 heavy (non-hydrogen) atoms. The molecule has 1 heterocycles. The molecule has 0 bridgehead atoms. The molecule has 0 saturated heterocycles. The van der Waals surface area contributed by atoms with Gasteiger partial charge in [0.05, 0.1) is 0 Å². The fraction of sp³-hybridized carbons (Fsp3) is 0.368. The Morgan fingerprint density at radius 1 is 1.09 bits per heavy atom. The van der Waals surface area contributed by atoms with Gasteiger partial charge in [-0.05, 0) is 49.7 Å². The molecule has 1 fully saturated rings. The molecule has 1 aromatic carbocycles. The third-order valence-electron chi connectivity index (χ3n) is 4.66. The molecule has 4 heteroatoms. The van der Waals surface area contributed by atoms with Crippen LogP contribution in [0.25, 0.3) is 0 Å². The molecule has 0 amide bonds. The van der Waals surface area contributed by atoms with Crippen molar-refractivity contribution in [2.24, 2.45) is 0 Å². The van der Waals surface area contributed by atoms with E-state index in [4.69, 9.17) is 12.2 Å². The van der Waals surface area contributed by atoms with Gasteiger partial charge in [-0.2, -0.15) is 0 Å². The SMILES string of the molecule is Cc1cccc(NC(=S)NCC2(c3ccccc3)CCCC2)n1. The predicted octanol–water partition coefficient (Wildman–Crippen LogP) is 4.19. The highest BCUT2D eigenvalue weighted by Crippen LogP contribution is 2.40. The van der Waals surface area contributed by atoms with Crippen molar-refractivity contribution in [1.82, 2.24) is 10.3 Å². The highest BCUT2D eigenvalue weighted by atomic mass is 32.1. The van der Waals surface area contributed by atoms with E-state index in [0.717, 1.165) is 18.1 Å². The second-order valence-corrected chi connectivity index (χ2v) is 6.73. The van der Waals surface area contributed by atoms with Gasteiger partial charge in [-0.25, -0.2) is 4.98 Å². The summed E-state index contributed by atoms with van der Waals surface area (Å²) in [5.41, 5.74) is 2.60. The maximum atomic E-state index is 5.45. The van der Waals surface area contributed by atoms with Crippen LogP contribution in [-0.4, -0.2) is 16.6 Å². The smallest absolute Gasteiger partial charge is 0.171 e. The molecule has 120 valence electrons. The van der Waals surface area contributed by atoms with Crippen molar-refractivity contribution in [3.8, 4) is 0 Å². The average molecular weight is 325 g/mol. The Morgan fingerprint density at radius 2 is 1.83 bits per heavy atom. The van der Waals surface area contributed by atoms with Crippen molar-refractivity contribution in [1.29, 1.82) is 0 Å². The van der Waals surface area contributed by atoms with Crippen molar-refractivity contribution < 1.29 is 0 Å². The molecule has 2 N–H and O–H groups in total. The predicted molar refractivity (Wildman–Crippen MR) is 99.8 cm³/mol. The van der Waals surface area contributed by atoms with Crippen molar-refractivity contribution >= 4 is 23.1 Å². The number of rotatable bonds is 4. The Labute approximate surface area is 143 Å².